The van der Waals surface area contributed by atoms with Crippen LogP contribution < -0.4 is 5.32 Å². The number of esters is 1. The highest BCUT2D eigenvalue weighted by Crippen LogP contribution is 2.27. The molecular formula is C70H135NO10. The Balaban J connectivity index is 2.54. The van der Waals surface area contributed by atoms with E-state index >= 15 is 0 Å². The van der Waals surface area contributed by atoms with Gasteiger partial charge in [-0.05, 0) is 25.7 Å². The van der Waals surface area contributed by atoms with Crippen LogP contribution in [0.5, 0.6) is 0 Å². The van der Waals surface area contributed by atoms with Crippen molar-refractivity contribution in [1.29, 1.82) is 0 Å². The quantitative estimate of drug-likeness (QED) is 0.0195. The Morgan fingerprint density at radius 2 is 0.802 bits per heavy atom. The van der Waals surface area contributed by atoms with Crippen LogP contribution in [0.15, 0.2) is 12.2 Å². The Kier molecular flexibility index (Phi) is 56.2. The first-order valence-electron chi connectivity index (χ1n) is 35.5. The van der Waals surface area contributed by atoms with Crippen LogP contribution in [0.2, 0.25) is 0 Å². The molecule has 0 radical (unpaired) electrons. The molecule has 0 bridgehead atoms. The minimum Gasteiger partial charge on any atom is -0.454 e. The molecule has 11 nitrogen and oxygen atoms in total. The molecule has 0 aliphatic carbocycles. The van der Waals surface area contributed by atoms with E-state index in [0.29, 0.717) is 19.3 Å². The monoisotopic (exact) mass is 1150 g/mol. The van der Waals surface area contributed by atoms with Crippen LogP contribution in [0.25, 0.3) is 0 Å². The van der Waals surface area contributed by atoms with Crippen molar-refractivity contribution in [3.63, 3.8) is 0 Å². The average molecular weight is 1150 g/mol. The van der Waals surface area contributed by atoms with E-state index in [1.807, 2.05) is 6.08 Å². The molecule has 0 aromatic rings. The minimum atomic E-state index is -1.61. The summed E-state index contributed by atoms with van der Waals surface area (Å²) in [6.07, 6.45) is 58.3. The predicted octanol–water partition coefficient (Wildman–Crippen LogP) is 17.9. The largest absolute Gasteiger partial charge is 0.454 e. The number of amides is 1. The predicted molar refractivity (Wildman–Crippen MR) is 338 cm³/mol. The van der Waals surface area contributed by atoms with Gasteiger partial charge in [0.05, 0.1) is 25.4 Å². The van der Waals surface area contributed by atoms with E-state index in [1.54, 1.807) is 6.08 Å². The van der Waals surface area contributed by atoms with E-state index in [4.69, 9.17) is 14.2 Å². The molecule has 8 atom stereocenters. The Bertz CT molecular complexity index is 1370. The third kappa shape index (κ3) is 46.3. The van der Waals surface area contributed by atoms with Crippen molar-refractivity contribution in [3.05, 3.63) is 12.2 Å². The summed E-state index contributed by atoms with van der Waals surface area (Å²) in [5.74, 6) is -1.17. The molecular weight excluding hydrogens is 1010 g/mol. The van der Waals surface area contributed by atoms with Crippen LogP contribution >= 0.6 is 0 Å². The molecule has 1 heterocycles. The lowest BCUT2D eigenvalue weighted by Crippen LogP contribution is -2.61. The lowest BCUT2D eigenvalue weighted by atomic mass is 9.99. The first-order valence-corrected chi connectivity index (χ1v) is 35.5. The van der Waals surface area contributed by atoms with Gasteiger partial charge >= 0.3 is 5.97 Å². The summed E-state index contributed by atoms with van der Waals surface area (Å²) in [6.45, 7) is 5.85. The first-order chi connectivity index (χ1) is 39.7. The lowest BCUT2D eigenvalue weighted by Gasteiger charge is -2.41. The lowest BCUT2D eigenvalue weighted by molar-refractivity contribution is -0.305. The van der Waals surface area contributed by atoms with Crippen molar-refractivity contribution in [2.45, 2.75) is 410 Å². The Morgan fingerprint density at radius 3 is 1.16 bits per heavy atom. The minimum absolute atomic E-state index is 0.132. The van der Waals surface area contributed by atoms with Gasteiger partial charge in [0.1, 0.15) is 24.4 Å². The number of unbranched alkanes of at least 4 members (excludes halogenated alkanes) is 48. The molecule has 81 heavy (non-hydrogen) atoms. The van der Waals surface area contributed by atoms with Crippen LogP contribution in [0, 0.1) is 0 Å². The van der Waals surface area contributed by atoms with Gasteiger partial charge in [0, 0.05) is 6.42 Å². The zero-order chi connectivity index (χ0) is 58.9. The zero-order valence-electron chi connectivity index (χ0n) is 53.4. The van der Waals surface area contributed by atoms with E-state index in [9.17, 15) is 35.1 Å². The Labute approximate surface area is 499 Å². The molecule has 1 fully saturated rings. The molecule has 11 heteroatoms. The summed E-state index contributed by atoms with van der Waals surface area (Å²) < 4.78 is 17.7. The smallest absolute Gasteiger partial charge is 0.306 e. The van der Waals surface area contributed by atoms with E-state index in [0.717, 1.165) is 57.8 Å². The first kappa shape index (κ1) is 77.4. The van der Waals surface area contributed by atoms with E-state index in [2.05, 4.69) is 26.1 Å². The number of carbonyl (C=O) groups excluding carboxylic acids is 2. The SMILES string of the molecule is CCCCCCCCCCC/C=C/C(O)C(COC1OC(CO)C(O)C(O)C1OC(=O)CCCCCCCCCCCCCCCCCCCCCCCCC)NC(=O)C(O)CCCCCCCCCCCCCCCCCCCC. The van der Waals surface area contributed by atoms with Gasteiger partial charge in [-0.2, -0.15) is 0 Å². The fraction of sp³-hybridized carbons (Fsp3) is 0.943. The molecule has 1 amide bonds. The third-order valence-corrected chi connectivity index (χ3v) is 17.2. The van der Waals surface area contributed by atoms with Crippen molar-refractivity contribution in [2.24, 2.45) is 0 Å². The second-order valence-corrected chi connectivity index (χ2v) is 25.0. The highest BCUT2D eigenvalue weighted by molar-refractivity contribution is 5.80. The number of aliphatic hydroxyl groups excluding tert-OH is 5. The van der Waals surface area contributed by atoms with Crippen molar-refractivity contribution < 1.29 is 49.3 Å². The molecule has 6 N–H and O–H groups in total. The Morgan fingerprint density at radius 1 is 0.469 bits per heavy atom. The molecule has 1 saturated heterocycles. The van der Waals surface area contributed by atoms with Crippen molar-refractivity contribution in [2.75, 3.05) is 13.2 Å². The fourth-order valence-electron chi connectivity index (χ4n) is 11.6. The van der Waals surface area contributed by atoms with Gasteiger partial charge in [-0.25, -0.2) is 0 Å². The van der Waals surface area contributed by atoms with E-state index in [-0.39, 0.29) is 13.0 Å². The van der Waals surface area contributed by atoms with E-state index < -0.39 is 67.4 Å². The second kappa shape index (κ2) is 58.8. The molecule has 480 valence electrons. The fourth-order valence-corrected chi connectivity index (χ4v) is 11.6. The molecule has 1 aliphatic heterocycles. The van der Waals surface area contributed by atoms with Crippen LogP contribution in [0.4, 0.5) is 0 Å². The molecule has 0 aromatic heterocycles. The zero-order valence-corrected chi connectivity index (χ0v) is 53.4. The van der Waals surface area contributed by atoms with Crippen LogP contribution in [-0.2, 0) is 23.8 Å². The van der Waals surface area contributed by atoms with Crippen molar-refractivity contribution in [3.8, 4) is 0 Å². The number of hydrogen-bond acceptors (Lipinski definition) is 10. The number of allylic oxidation sites excluding steroid dienone is 1. The standard InChI is InChI=1S/C70H135NO10/c1-4-7-10-13-16-19-22-24-26-28-30-31-32-33-34-36-38-40-43-46-49-52-55-58-65(75)81-68-67(77)66(76)64(59-72)80-70(68)79-60-61(62(73)56-53-50-47-44-41-21-18-15-12-9-6-3)71-69(78)63(74)57-54-51-48-45-42-39-37-35-29-27-25-23-20-17-14-11-8-5-2/h53,56,61-64,66-68,70,72-74,76-77H,4-52,54-55,57-60H2,1-3H3,(H,71,78)/b56-53+. The third-order valence-electron chi connectivity index (χ3n) is 17.2. The van der Waals surface area contributed by atoms with Gasteiger partial charge in [-0.15, -0.1) is 0 Å². The van der Waals surface area contributed by atoms with Gasteiger partial charge in [0.25, 0.3) is 0 Å². The number of ether oxygens (including phenoxy) is 3. The second-order valence-electron chi connectivity index (χ2n) is 25.0. The maximum atomic E-state index is 13.5. The van der Waals surface area contributed by atoms with Gasteiger partial charge in [-0.3, -0.25) is 9.59 Å². The number of nitrogens with one attached hydrogen (secondary N) is 1. The summed E-state index contributed by atoms with van der Waals surface area (Å²) in [4.78, 5) is 26.6. The molecule has 0 saturated carbocycles. The molecule has 1 aliphatic rings. The van der Waals surface area contributed by atoms with Gasteiger partial charge in [0.15, 0.2) is 12.4 Å². The highest BCUT2D eigenvalue weighted by atomic mass is 16.7. The number of hydrogen-bond donors (Lipinski definition) is 6. The van der Waals surface area contributed by atoms with Gasteiger partial charge in [-0.1, -0.05) is 341 Å². The maximum Gasteiger partial charge on any atom is 0.306 e. The van der Waals surface area contributed by atoms with Crippen molar-refractivity contribution >= 4 is 11.9 Å². The summed E-state index contributed by atoms with van der Waals surface area (Å²) in [6, 6.07) is -1.02. The summed E-state index contributed by atoms with van der Waals surface area (Å²) in [7, 11) is 0. The maximum absolute atomic E-state index is 13.5. The molecule has 0 aromatic carbocycles. The Hall–Kier alpha value is -1.60. The number of rotatable bonds is 62. The van der Waals surface area contributed by atoms with E-state index in [1.165, 1.54) is 257 Å². The molecule has 8 unspecified atom stereocenters. The summed E-state index contributed by atoms with van der Waals surface area (Å²) in [5.41, 5.74) is 0. The van der Waals surface area contributed by atoms with Gasteiger partial charge < -0.3 is 45.1 Å². The van der Waals surface area contributed by atoms with Crippen LogP contribution in [-0.4, -0.2) is 99.6 Å². The average Bonchev–Trinajstić information content (AvgIpc) is 3.52. The highest BCUT2D eigenvalue weighted by Gasteiger charge is 2.47. The summed E-state index contributed by atoms with van der Waals surface area (Å²) in [5, 5.41) is 57.2. The number of aliphatic hydroxyl groups is 5. The molecule has 0 spiro atoms. The van der Waals surface area contributed by atoms with Crippen LogP contribution in [0.1, 0.15) is 361 Å². The van der Waals surface area contributed by atoms with Gasteiger partial charge in [0.2, 0.25) is 5.91 Å². The summed E-state index contributed by atoms with van der Waals surface area (Å²) >= 11 is 0. The number of carbonyl (C=O) groups is 2. The topological polar surface area (TPSA) is 175 Å². The van der Waals surface area contributed by atoms with Crippen molar-refractivity contribution in [1.82, 2.24) is 5.32 Å². The molecule has 1 rings (SSSR count). The normalized spacial score (nSPS) is 18.6. The van der Waals surface area contributed by atoms with Crippen LogP contribution in [0.3, 0.4) is 0 Å².